The number of nitrogens with one attached hydrogen (secondary N) is 1. The zero-order valence-electron chi connectivity index (χ0n) is 15.7. The molecule has 2 heterocycles. The molecule has 0 spiro atoms. The van der Waals surface area contributed by atoms with E-state index in [1.54, 1.807) is 0 Å². The first-order valence-corrected chi connectivity index (χ1v) is 9.19. The van der Waals surface area contributed by atoms with Crippen LogP contribution in [0.1, 0.15) is 33.2 Å². The number of rotatable bonds is 5. The van der Waals surface area contributed by atoms with Gasteiger partial charge in [-0.25, -0.2) is 4.79 Å². The highest BCUT2D eigenvalue weighted by Crippen LogP contribution is 2.22. The summed E-state index contributed by atoms with van der Waals surface area (Å²) in [5, 5.41) is 8.63. The Bertz CT molecular complexity index is 738. The van der Waals surface area contributed by atoms with Crippen molar-refractivity contribution in [2.24, 2.45) is 5.92 Å². The number of carbonyl (C=O) groups excluding carboxylic acids is 1. The number of benzene rings is 1. The highest BCUT2D eigenvalue weighted by Gasteiger charge is 2.26. The maximum Gasteiger partial charge on any atom is 0.321 e. The predicted molar refractivity (Wildman–Crippen MR) is 102 cm³/mol. The maximum absolute atomic E-state index is 12.5. The van der Waals surface area contributed by atoms with E-state index < -0.39 is 0 Å². The summed E-state index contributed by atoms with van der Waals surface area (Å²) in [6, 6.07) is 6.21. The van der Waals surface area contributed by atoms with Gasteiger partial charge in [0.2, 0.25) is 0 Å². The lowest BCUT2D eigenvalue weighted by Gasteiger charge is -2.20. The first-order chi connectivity index (χ1) is 12.0. The van der Waals surface area contributed by atoms with Gasteiger partial charge < -0.3 is 15.1 Å². The fourth-order valence-electron chi connectivity index (χ4n) is 3.33. The van der Waals surface area contributed by atoms with Gasteiger partial charge in [0.05, 0.1) is 5.52 Å². The van der Waals surface area contributed by atoms with Crippen LogP contribution < -0.4 is 5.32 Å². The molecule has 1 fully saturated rings. The van der Waals surface area contributed by atoms with E-state index in [4.69, 9.17) is 0 Å². The van der Waals surface area contributed by atoms with Crippen LogP contribution in [0.3, 0.4) is 0 Å². The molecule has 0 aliphatic carbocycles. The van der Waals surface area contributed by atoms with E-state index in [9.17, 15) is 4.79 Å². The van der Waals surface area contributed by atoms with Crippen molar-refractivity contribution in [3.8, 4) is 0 Å². The zero-order valence-corrected chi connectivity index (χ0v) is 15.7. The van der Waals surface area contributed by atoms with Gasteiger partial charge in [0.15, 0.2) is 0 Å². The molecule has 25 heavy (non-hydrogen) atoms. The van der Waals surface area contributed by atoms with Crippen LogP contribution in [0, 0.1) is 5.92 Å². The molecule has 0 bridgehead atoms. The van der Waals surface area contributed by atoms with E-state index in [0.717, 1.165) is 49.2 Å². The van der Waals surface area contributed by atoms with Crippen molar-refractivity contribution >= 4 is 22.6 Å². The van der Waals surface area contributed by atoms with Crippen LogP contribution in [-0.4, -0.2) is 58.8 Å². The Morgan fingerprint density at radius 1 is 1.44 bits per heavy atom. The average molecular weight is 343 g/mol. The van der Waals surface area contributed by atoms with Crippen molar-refractivity contribution in [3.63, 3.8) is 0 Å². The molecule has 1 aliphatic heterocycles. The molecule has 0 radical (unpaired) electrons. The number of anilines is 1. The van der Waals surface area contributed by atoms with Gasteiger partial charge in [0, 0.05) is 42.9 Å². The third-order valence-electron chi connectivity index (χ3n) is 4.99. The first kappa shape index (κ1) is 17.7. The summed E-state index contributed by atoms with van der Waals surface area (Å²) in [4.78, 5) is 16.8. The number of hydrogen-bond donors (Lipinski definition) is 1. The zero-order chi connectivity index (χ0) is 18.0. The van der Waals surface area contributed by atoms with Crippen molar-refractivity contribution < 1.29 is 4.79 Å². The molecule has 1 aromatic carbocycles. The highest BCUT2D eigenvalue weighted by molar-refractivity contribution is 5.92. The summed E-state index contributed by atoms with van der Waals surface area (Å²) in [6.07, 6.45) is 3.11. The summed E-state index contributed by atoms with van der Waals surface area (Å²) in [7, 11) is 2.13. The van der Waals surface area contributed by atoms with Gasteiger partial charge in [-0.15, -0.1) is 0 Å². The fraction of sp³-hybridized carbons (Fsp3) is 0.579. The third-order valence-corrected chi connectivity index (χ3v) is 4.99. The SMILES string of the molecule is CCN(C)CC1CCN(C(=O)Nc2ccc3nn(C(C)C)cc3c2)C1. The molecule has 1 N–H and O–H groups in total. The normalized spacial score (nSPS) is 17.8. The molecule has 6 nitrogen and oxygen atoms in total. The van der Waals surface area contributed by atoms with Gasteiger partial charge in [0.1, 0.15) is 0 Å². The Hall–Kier alpha value is -2.08. The quantitative estimate of drug-likeness (QED) is 0.905. The molecular formula is C19H29N5O. The summed E-state index contributed by atoms with van der Waals surface area (Å²) in [5.41, 5.74) is 1.78. The number of hydrogen-bond acceptors (Lipinski definition) is 3. The Balaban J connectivity index is 1.62. The van der Waals surface area contributed by atoms with Crippen LogP contribution >= 0.6 is 0 Å². The van der Waals surface area contributed by atoms with Crippen molar-refractivity contribution in [3.05, 3.63) is 24.4 Å². The smallest absolute Gasteiger partial charge is 0.321 e. The van der Waals surface area contributed by atoms with Crippen molar-refractivity contribution in [1.82, 2.24) is 19.6 Å². The van der Waals surface area contributed by atoms with E-state index in [2.05, 4.69) is 43.1 Å². The summed E-state index contributed by atoms with van der Waals surface area (Å²) in [5.74, 6) is 0.572. The minimum absolute atomic E-state index is 0.00254. The lowest BCUT2D eigenvalue weighted by atomic mass is 10.1. The van der Waals surface area contributed by atoms with Gasteiger partial charge in [-0.05, 0) is 58.0 Å². The fourth-order valence-corrected chi connectivity index (χ4v) is 3.33. The van der Waals surface area contributed by atoms with Crippen LogP contribution in [0.25, 0.3) is 10.9 Å². The Kier molecular flexibility index (Phi) is 5.27. The van der Waals surface area contributed by atoms with E-state index in [-0.39, 0.29) is 6.03 Å². The molecule has 6 heteroatoms. The molecule has 136 valence electrons. The summed E-state index contributed by atoms with van der Waals surface area (Å²) in [6.45, 7) is 10.2. The van der Waals surface area contributed by atoms with Crippen molar-refractivity contribution in [2.45, 2.75) is 33.2 Å². The van der Waals surface area contributed by atoms with Crippen LogP contribution in [0.15, 0.2) is 24.4 Å². The standard InChI is InChI=1S/C19H29N5O/c1-5-22(4)11-15-8-9-23(12-15)19(25)20-17-6-7-18-16(10-17)13-24(21-18)14(2)3/h6-7,10,13-15H,5,8-9,11-12H2,1-4H3,(H,20,25). The van der Waals surface area contributed by atoms with Gasteiger partial charge in [-0.1, -0.05) is 6.92 Å². The second kappa shape index (κ2) is 7.44. The monoisotopic (exact) mass is 343 g/mol. The minimum atomic E-state index is -0.00254. The Morgan fingerprint density at radius 3 is 2.96 bits per heavy atom. The van der Waals surface area contributed by atoms with E-state index >= 15 is 0 Å². The van der Waals surface area contributed by atoms with Gasteiger partial charge in [0.25, 0.3) is 0 Å². The molecule has 1 unspecified atom stereocenters. The van der Waals surface area contributed by atoms with E-state index in [0.29, 0.717) is 12.0 Å². The molecule has 1 saturated heterocycles. The van der Waals surface area contributed by atoms with Gasteiger partial charge >= 0.3 is 6.03 Å². The van der Waals surface area contributed by atoms with Crippen LogP contribution in [0.5, 0.6) is 0 Å². The number of aromatic nitrogens is 2. The topological polar surface area (TPSA) is 53.4 Å². The van der Waals surface area contributed by atoms with Crippen LogP contribution in [-0.2, 0) is 0 Å². The number of carbonyl (C=O) groups is 1. The third kappa shape index (κ3) is 4.12. The second-order valence-corrected chi connectivity index (χ2v) is 7.36. The van der Waals surface area contributed by atoms with E-state index in [1.807, 2.05) is 34.0 Å². The molecule has 3 rings (SSSR count). The summed E-state index contributed by atoms with van der Waals surface area (Å²) < 4.78 is 1.95. The molecule has 2 amide bonds. The van der Waals surface area contributed by atoms with E-state index in [1.165, 1.54) is 0 Å². The number of fused-ring (bicyclic) bond motifs is 1. The highest BCUT2D eigenvalue weighted by atomic mass is 16.2. The second-order valence-electron chi connectivity index (χ2n) is 7.36. The lowest BCUT2D eigenvalue weighted by molar-refractivity contribution is 0.218. The molecule has 1 atom stereocenters. The molecule has 1 aromatic heterocycles. The van der Waals surface area contributed by atoms with Crippen molar-refractivity contribution in [1.29, 1.82) is 0 Å². The van der Waals surface area contributed by atoms with Crippen LogP contribution in [0.4, 0.5) is 10.5 Å². The molecule has 0 saturated carbocycles. The average Bonchev–Trinajstić information content (AvgIpc) is 3.21. The lowest BCUT2D eigenvalue weighted by Crippen LogP contribution is -2.34. The first-order valence-electron chi connectivity index (χ1n) is 9.19. The number of likely N-dealkylation sites (tertiary alicyclic amines) is 1. The van der Waals surface area contributed by atoms with Gasteiger partial charge in [-0.2, -0.15) is 5.10 Å². The molecular weight excluding hydrogens is 314 g/mol. The molecule has 2 aromatic rings. The number of amides is 2. The van der Waals surface area contributed by atoms with Crippen LogP contribution in [0.2, 0.25) is 0 Å². The minimum Gasteiger partial charge on any atom is -0.324 e. The number of urea groups is 1. The maximum atomic E-state index is 12.5. The van der Waals surface area contributed by atoms with Crippen molar-refractivity contribution in [2.75, 3.05) is 38.5 Å². The van der Waals surface area contributed by atoms with Gasteiger partial charge in [-0.3, -0.25) is 4.68 Å². The number of nitrogens with zero attached hydrogens (tertiary/aromatic N) is 4. The molecule has 1 aliphatic rings. The Labute approximate surface area is 149 Å². The Morgan fingerprint density at radius 2 is 2.24 bits per heavy atom. The largest absolute Gasteiger partial charge is 0.324 e. The summed E-state index contributed by atoms with van der Waals surface area (Å²) >= 11 is 0. The predicted octanol–water partition coefficient (Wildman–Crippen LogP) is 3.42.